The zero-order valence-corrected chi connectivity index (χ0v) is 14.9. The highest BCUT2D eigenvalue weighted by Gasteiger charge is 2.16. The zero-order chi connectivity index (χ0) is 17.1. The summed E-state index contributed by atoms with van der Waals surface area (Å²) < 4.78 is 5.52. The predicted molar refractivity (Wildman–Crippen MR) is 96.9 cm³/mol. The van der Waals surface area contributed by atoms with Crippen LogP contribution in [0, 0.1) is 6.92 Å². The van der Waals surface area contributed by atoms with Crippen LogP contribution in [0.3, 0.4) is 0 Å². The predicted octanol–water partition coefficient (Wildman–Crippen LogP) is 3.92. The van der Waals surface area contributed by atoms with Crippen LogP contribution in [-0.4, -0.2) is 33.6 Å². The fourth-order valence-corrected chi connectivity index (χ4v) is 3.32. The molecule has 0 bridgehead atoms. The number of hydrogen-bond donors (Lipinski definition) is 1. The molecule has 126 valence electrons. The largest absolute Gasteiger partial charge is 0.464 e. The normalized spacial score (nSPS) is 12.5. The Morgan fingerprint density at radius 2 is 2.12 bits per heavy atom. The van der Waals surface area contributed by atoms with Crippen LogP contribution in [-0.2, 0) is 11.3 Å². The van der Waals surface area contributed by atoms with E-state index in [1.54, 1.807) is 23.7 Å². The highest BCUT2D eigenvalue weighted by atomic mass is 32.2. The monoisotopic (exact) mass is 343 g/mol. The van der Waals surface area contributed by atoms with Crippen LogP contribution >= 0.6 is 11.8 Å². The van der Waals surface area contributed by atoms with Gasteiger partial charge in [-0.2, -0.15) is 0 Å². The van der Waals surface area contributed by atoms with E-state index in [2.05, 4.69) is 16.9 Å². The van der Waals surface area contributed by atoms with Crippen LogP contribution in [0.25, 0.3) is 11.0 Å². The SMILES string of the molecule is Cc1ccc(CN(C)C(=O)CSC(C)c2nc3ccccc3[nH]2)o1. The summed E-state index contributed by atoms with van der Waals surface area (Å²) in [6.45, 7) is 4.45. The lowest BCUT2D eigenvalue weighted by atomic mass is 10.3. The van der Waals surface area contributed by atoms with Gasteiger partial charge in [0, 0.05) is 7.05 Å². The second-order valence-corrected chi connectivity index (χ2v) is 7.18. The minimum absolute atomic E-state index is 0.0806. The minimum Gasteiger partial charge on any atom is -0.464 e. The summed E-state index contributed by atoms with van der Waals surface area (Å²) in [6, 6.07) is 11.8. The Balaban J connectivity index is 1.54. The Labute approximate surface area is 145 Å². The molecule has 0 aliphatic carbocycles. The highest BCUT2D eigenvalue weighted by molar-refractivity contribution is 8.00. The molecule has 24 heavy (non-hydrogen) atoms. The molecule has 5 nitrogen and oxygen atoms in total. The molecule has 0 saturated heterocycles. The van der Waals surface area contributed by atoms with E-state index in [0.29, 0.717) is 12.3 Å². The lowest BCUT2D eigenvalue weighted by molar-refractivity contribution is -0.127. The Morgan fingerprint density at radius 1 is 1.33 bits per heavy atom. The second kappa shape index (κ2) is 7.13. The molecule has 1 atom stereocenters. The molecule has 1 aromatic carbocycles. The van der Waals surface area contributed by atoms with Crippen molar-refractivity contribution in [2.75, 3.05) is 12.8 Å². The Bertz CT molecular complexity index is 807. The minimum atomic E-state index is 0.0806. The van der Waals surface area contributed by atoms with Crippen LogP contribution in [0.2, 0.25) is 0 Å². The molecule has 1 unspecified atom stereocenters. The third-order valence-corrected chi connectivity index (χ3v) is 5.00. The average Bonchev–Trinajstić information content (AvgIpc) is 3.18. The van der Waals surface area contributed by atoms with E-state index in [1.807, 2.05) is 43.3 Å². The van der Waals surface area contributed by atoms with Gasteiger partial charge < -0.3 is 14.3 Å². The molecule has 1 N–H and O–H groups in total. The van der Waals surface area contributed by atoms with Crippen molar-refractivity contribution in [1.82, 2.24) is 14.9 Å². The number of imidazole rings is 1. The standard InChI is InChI=1S/C18H21N3O2S/c1-12-8-9-14(23-12)10-21(3)17(22)11-24-13(2)18-19-15-6-4-5-7-16(15)20-18/h4-9,13H,10-11H2,1-3H3,(H,19,20). The van der Waals surface area contributed by atoms with Crippen molar-refractivity contribution in [3.05, 3.63) is 53.7 Å². The molecule has 1 amide bonds. The van der Waals surface area contributed by atoms with E-state index in [0.717, 1.165) is 28.4 Å². The van der Waals surface area contributed by atoms with Gasteiger partial charge in [-0.05, 0) is 38.1 Å². The van der Waals surface area contributed by atoms with Gasteiger partial charge in [0.25, 0.3) is 0 Å². The molecule has 0 aliphatic heterocycles. The number of para-hydroxylation sites is 2. The van der Waals surface area contributed by atoms with Gasteiger partial charge in [-0.3, -0.25) is 4.79 Å². The van der Waals surface area contributed by atoms with Crippen LogP contribution in [0.4, 0.5) is 0 Å². The summed E-state index contributed by atoms with van der Waals surface area (Å²) in [5.74, 6) is 3.06. The first kappa shape index (κ1) is 16.6. The summed E-state index contributed by atoms with van der Waals surface area (Å²) in [5, 5.41) is 0.126. The third-order valence-electron chi connectivity index (χ3n) is 3.86. The van der Waals surface area contributed by atoms with Gasteiger partial charge in [0.1, 0.15) is 17.3 Å². The van der Waals surface area contributed by atoms with Crippen LogP contribution in [0.15, 0.2) is 40.8 Å². The number of aromatic amines is 1. The fraction of sp³-hybridized carbons (Fsp3) is 0.333. The first-order valence-corrected chi connectivity index (χ1v) is 8.93. The number of amides is 1. The Kier molecular flexibility index (Phi) is 4.94. The van der Waals surface area contributed by atoms with Crippen molar-refractivity contribution in [2.45, 2.75) is 25.6 Å². The zero-order valence-electron chi connectivity index (χ0n) is 14.1. The second-order valence-electron chi connectivity index (χ2n) is 5.85. The van der Waals surface area contributed by atoms with Crippen molar-refractivity contribution < 1.29 is 9.21 Å². The van der Waals surface area contributed by atoms with Crippen molar-refractivity contribution >= 4 is 28.7 Å². The van der Waals surface area contributed by atoms with Crippen molar-refractivity contribution in [2.24, 2.45) is 0 Å². The van der Waals surface area contributed by atoms with E-state index >= 15 is 0 Å². The number of aromatic nitrogens is 2. The van der Waals surface area contributed by atoms with Gasteiger partial charge in [-0.1, -0.05) is 12.1 Å². The number of aryl methyl sites for hydroxylation is 1. The first-order valence-electron chi connectivity index (χ1n) is 7.88. The molecule has 0 spiro atoms. The fourth-order valence-electron chi connectivity index (χ4n) is 2.44. The molecule has 2 heterocycles. The third kappa shape index (κ3) is 3.82. The number of thioether (sulfide) groups is 1. The number of benzene rings is 1. The van der Waals surface area contributed by atoms with Crippen LogP contribution < -0.4 is 0 Å². The molecule has 0 aliphatic rings. The summed E-state index contributed by atoms with van der Waals surface area (Å²) in [7, 11) is 1.80. The Hall–Kier alpha value is -2.21. The van der Waals surface area contributed by atoms with Gasteiger partial charge in [0.15, 0.2) is 0 Å². The van der Waals surface area contributed by atoms with Crippen molar-refractivity contribution in [3.63, 3.8) is 0 Å². The maximum absolute atomic E-state index is 12.3. The smallest absolute Gasteiger partial charge is 0.232 e. The number of H-pyrrole nitrogens is 1. The van der Waals surface area contributed by atoms with E-state index in [9.17, 15) is 4.79 Å². The number of rotatable bonds is 6. The highest BCUT2D eigenvalue weighted by Crippen LogP contribution is 2.27. The summed E-state index contributed by atoms with van der Waals surface area (Å²) >= 11 is 1.58. The summed E-state index contributed by atoms with van der Waals surface area (Å²) in [5.41, 5.74) is 1.98. The van der Waals surface area contributed by atoms with E-state index in [4.69, 9.17) is 4.42 Å². The molecule has 2 aromatic heterocycles. The molecular formula is C18H21N3O2S. The molecule has 0 radical (unpaired) electrons. The van der Waals surface area contributed by atoms with Gasteiger partial charge in [0.2, 0.25) is 5.91 Å². The number of carbonyl (C=O) groups excluding carboxylic acids is 1. The van der Waals surface area contributed by atoms with Crippen molar-refractivity contribution in [1.29, 1.82) is 0 Å². The van der Waals surface area contributed by atoms with Gasteiger partial charge in [0.05, 0.1) is 28.6 Å². The summed E-state index contributed by atoms with van der Waals surface area (Å²) in [4.78, 5) is 21.9. The lowest BCUT2D eigenvalue weighted by Gasteiger charge is -2.16. The van der Waals surface area contributed by atoms with E-state index in [-0.39, 0.29) is 11.2 Å². The number of carbonyl (C=O) groups is 1. The maximum atomic E-state index is 12.3. The number of hydrogen-bond acceptors (Lipinski definition) is 4. The van der Waals surface area contributed by atoms with Crippen molar-refractivity contribution in [3.8, 4) is 0 Å². The molecular weight excluding hydrogens is 322 g/mol. The van der Waals surface area contributed by atoms with Crippen LogP contribution in [0.5, 0.6) is 0 Å². The molecule has 0 fully saturated rings. The average molecular weight is 343 g/mol. The number of fused-ring (bicyclic) bond motifs is 1. The molecule has 3 rings (SSSR count). The van der Waals surface area contributed by atoms with Gasteiger partial charge in [-0.15, -0.1) is 11.8 Å². The maximum Gasteiger partial charge on any atom is 0.232 e. The first-order chi connectivity index (χ1) is 11.5. The number of nitrogens with one attached hydrogen (secondary N) is 1. The van der Waals surface area contributed by atoms with Crippen LogP contribution in [0.1, 0.15) is 29.5 Å². The Morgan fingerprint density at radius 3 is 2.83 bits per heavy atom. The van der Waals surface area contributed by atoms with Gasteiger partial charge >= 0.3 is 0 Å². The molecule has 6 heteroatoms. The summed E-state index contributed by atoms with van der Waals surface area (Å²) in [6.07, 6.45) is 0. The topological polar surface area (TPSA) is 62.1 Å². The number of furan rings is 1. The number of nitrogens with zero attached hydrogens (tertiary/aromatic N) is 2. The van der Waals surface area contributed by atoms with Gasteiger partial charge in [-0.25, -0.2) is 4.98 Å². The van der Waals surface area contributed by atoms with E-state index < -0.39 is 0 Å². The van der Waals surface area contributed by atoms with E-state index in [1.165, 1.54) is 0 Å². The molecule has 3 aromatic rings. The lowest BCUT2D eigenvalue weighted by Crippen LogP contribution is -2.27. The molecule has 0 saturated carbocycles. The quantitative estimate of drug-likeness (QED) is 0.737.